The number of rotatable bonds is 6. The predicted molar refractivity (Wildman–Crippen MR) is 176 cm³/mol. The van der Waals surface area contributed by atoms with Crippen LogP contribution in [0.2, 0.25) is 0 Å². The van der Waals surface area contributed by atoms with Crippen molar-refractivity contribution in [3.63, 3.8) is 0 Å². The van der Waals surface area contributed by atoms with E-state index in [0.717, 1.165) is 39.4 Å². The van der Waals surface area contributed by atoms with Crippen molar-refractivity contribution in [3.8, 4) is 27.6 Å². The number of aromatic nitrogens is 4. The van der Waals surface area contributed by atoms with Gasteiger partial charge in [0.2, 0.25) is 0 Å². The van der Waals surface area contributed by atoms with Gasteiger partial charge < -0.3 is 18.9 Å². The second kappa shape index (κ2) is 11.4. The molecule has 4 heterocycles. The third-order valence-corrected chi connectivity index (χ3v) is 9.47. The second-order valence-corrected chi connectivity index (χ2v) is 13.5. The van der Waals surface area contributed by atoms with E-state index in [4.69, 9.17) is 9.47 Å². The third kappa shape index (κ3) is 5.56. The van der Waals surface area contributed by atoms with Crippen LogP contribution in [0.1, 0.15) is 44.0 Å². The van der Waals surface area contributed by atoms with Crippen LogP contribution in [0, 0.1) is 20.8 Å². The molecule has 0 radical (unpaired) electrons. The number of aryl methyl sites for hydroxylation is 3. The van der Waals surface area contributed by atoms with Crippen molar-refractivity contribution in [3.05, 3.63) is 92.6 Å². The van der Waals surface area contributed by atoms with Crippen molar-refractivity contribution in [2.24, 2.45) is 0 Å². The van der Waals surface area contributed by atoms with Crippen molar-refractivity contribution in [1.82, 2.24) is 23.6 Å². The van der Waals surface area contributed by atoms with Gasteiger partial charge in [-0.3, -0.25) is 9.36 Å². The number of methoxy groups -OCH3 is 1. The summed E-state index contributed by atoms with van der Waals surface area (Å²) >= 11 is 1.40. The van der Waals surface area contributed by atoms with Crippen LogP contribution in [0.5, 0.6) is 5.75 Å². The Hall–Kier alpha value is -4.64. The summed E-state index contributed by atoms with van der Waals surface area (Å²) < 4.78 is 16.2. The molecule has 1 fully saturated rings. The number of benzene rings is 2. The molecule has 2 aromatic carbocycles. The maximum absolute atomic E-state index is 14.2. The Morgan fingerprint density at radius 3 is 2.40 bits per heavy atom. The molecule has 6 rings (SSSR count). The lowest BCUT2D eigenvalue weighted by Gasteiger charge is -2.41. The van der Waals surface area contributed by atoms with Gasteiger partial charge in [0.1, 0.15) is 16.2 Å². The molecule has 1 aliphatic rings. The molecule has 0 saturated carbocycles. The number of fused-ring (bicyclic) bond motifs is 1. The van der Waals surface area contributed by atoms with Crippen LogP contribution in [-0.4, -0.2) is 55.0 Å². The third-order valence-electron chi connectivity index (χ3n) is 8.10. The first-order valence-electron chi connectivity index (χ1n) is 14.9. The smallest absolute Gasteiger partial charge is 0.410 e. The highest BCUT2D eigenvalue weighted by molar-refractivity contribution is 7.22. The summed E-state index contributed by atoms with van der Waals surface area (Å²) in [6.45, 7) is 12.1. The van der Waals surface area contributed by atoms with Crippen molar-refractivity contribution >= 4 is 27.6 Å². The lowest BCUT2D eigenvalue weighted by molar-refractivity contribution is -0.00826. The van der Waals surface area contributed by atoms with Gasteiger partial charge >= 0.3 is 11.8 Å². The highest BCUT2D eigenvalue weighted by atomic mass is 32.1. The summed E-state index contributed by atoms with van der Waals surface area (Å²) in [6, 6.07) is 13.0. The number of hydrogen-bond acceptors (Lipinski definition) is 7. The lowest BCUT2D eigenvalue weighted by atomic mass is 10.0. The fourth-order valence-corrected chi connectivity index (χ4v) is 6.99. The van der Waals surface area contributed by atoms with Gasteiger partial charge in [0.05, 0.1) is 41.9 Å². The van der Waals surface area contributed by atoms with E-state index >= 15 is 0 Å². The molecule has 1 unspecified atom stereocenters. The molecule has 3 aromatic heterocycles. The number of nitrogens with zero attached hydrogens (tertiary/aromatic N) is 5. The fraction of sp³-hybridized carbons (Fsp3) is 0.353. The van der Waals surface area contributed by atoms with Gasteiger partial charge in [-0.15, -0.1) is 11.3 Å². The topological polar surface area (TPSA) is 101 Å². The minimum absolute atomic E-state index is 0.238. The largest absolute Gasteiger partial charge is 0.495 e. The molecular formula is C34H37N5O5S. The van der Waals surface area contributed by atoms with E-state index in [9.17, 15) is 14.4 Å². The first-order chi connectivity index (χ1) is 21.4. The van der Waals surface area contributed by atoms with E-state index in [2.05, 4.69) is 4.98 Å². The lowest BCUT2D eigenvalue weighted by Crippen LogP contribution is -2.55. The molecule has 0 bridgehead atoms. The second-order valence-electron chi connectivity index (χ2n) is 12.5. The van der Waals surface area contributed by atoms with Crippen LogP contribution >= 0.6 is 11.3 Å². The number of amides is 1. The van der Waals surface area contributed by atoms with Crippen LogP contribution in [0.25, 0.3) is 32.0 Å². The first-order valence-corrected chi connectivity index (χ1v) is 15.7. The molecule has 10 nitrogen and oxygen atoms in total. The summed E-state index contributed by atoms with van der Waals surface area (Å²) in [7, 11) is 1.62. The van der Waals surface area contributed by atoms with Crippen molar-refractivity contribution in [1.29, 1.82) is 0 Å². The number of carbonyl (C=O) groups excluding carboxylic acids is 1. The standard InChI is InChI=1S/C34H37N5O5S/c1-20-8-11-24(12-9-20)39-30(40)28-22(3)29(23-10-13-26(27(16-23)43-7)36-17-21(2)35-19-36)45-31(28)38(32(39)41)18-25-14-15-37(25)33(42)44-34(4,5)6/h8-13,16-17,19,25H,14-15,18H2,1-7H3. The molecule has 45 heavy (non-hydrogen) atoms. The van der Waals surface area contributed by atoms with Crippen LogP contribution < -0.4 is 16.0 Å². The summed E-state index contributed by atoms with van der Waals surface area (Å²) in [5.74, 6) is 0.652. The Labute approximate surface area is 265 Å². The Morgan fingerprint density at radius 1 is 1.07 bits per heavy atom. The molecule has 1 aliphatic heterocycles. The Morgan fingerprint density at radius 2 is 1.80 bits per heavy atom. The minimum Gasteiger partial charge on any atom is -0.495 e. The van der Waals surface area contributed by atoms with Crippen molar-refractivity contribution < 1.29 is 14.3 Å². The Kier molecular flexibility index (Phi) is 7.68. The number of hydrogen-bond donors (Lipinski definition) is 0. The molecular weight excluding hydrogens is 590 g/mol. The van der Waals surface area contributed by atoms with Gasteiger partial charge in [0, 0.05) is 24.2 Å². The zero-order valence-corrected chi connectivity index (χ0v) is 27.4. The van der Waals surface area contributed by atoms with E-state index in [0.29, 0.717) is 28.2 Å². The number of likely N-dealkylation sites (tertiary alicyclic amines) is 1. The molecule has 1 saturated heterocycles. The van der Waals surface area contributed by atoms with Crippen LogP contribution in [0.3, 0.4) is 0 Å². The minimum atomic E-state index is -0.632. The van der Waals surface area contributed by atoms with Crippen LogP contribution in [0.15, 0.2) is 64.6 Å². The number of carbonyl (C=O) groups is 1. The molecule has 1 atom stereocenters. The monoisotopic (exact) mass is 627 g/mol. The van der Waals surface area contributed by atoms with E-state index < -0.39 is 17.4 Å². The molecule has 234 valence electrons. The Bertz CT molecular complexity index is 2040. The zero-order chi connectivity index (χ0) is 32.2. The summed E-state index contributed by atoms with van der Waals surface area (Å²) in [4.78, 5) is 48.7. The molecule has 0 aliphatic carbocycles. The quantitative estimate of drug-likeness (QED) is 0.229. The van der Waals surface area contributed by atoms with Crippen molar-refractivity contribution in [2.45, 2.75) is 66.2 Å². The van der Waals surface area contributed by atoms with E-state index in [1.165, 1.54) is 15.9 Å². The fourth-order valence-electron chi connectivity index (χ4n) is 5.69. The maximum atomic E-state index is 14.2. The van der Waals surface area contributed by atoms with Gasteiger partial charge in [0.15, 0.2) is 0 Å². The Balaban J connectivity index is 1.51. The zero-order valence-electron chi connectivity index (χ0n) is 26.6. The van der Waals surface area contributed by atoms with Crippen LogP contribution in [-0.2, 0) is 11.3 Å². The predicted octanol–water partition coefficient (Wildman–Crippen LogP) is 6.01. The highest BCUT2D eigenvalue weighted by Crippen LogP contribution is 2.39. The van der Waals surface area contributed by atoms with E-state index in [1.807, 2.05) is 82.6 Å². The maximum Gasteiger partial charge on any atom is 0.410 e. The van der Waals surface area contributed by atoms with Gasteiger partial charge in [-0.05, 0) is 83.4 Å². The van der Waals surface area contributed by atoms with Crippen molar-refractivity contribution in [2.75, 3.05) is 13.7 Å². The molecule has 11 heteroatoms. The van der Waals surface area contributed by atoms with Gasteiger partial charge in [-0.1, -0.05) is 23.8 Å². The number of ether oxygens (including phenoxy) is 2. The average molecular weight is 628 g/mol. The van der Waals surface area contributed by atoms with E-state index in [1.54, 1.807) is 35.0 Å². The van der Waals surface area contributed by atoms with Gasteiger partial charge in [-0.25, -0.2) is 19.1 Å². The first kappa shape index (κ1) is 30.4. The number of imidazole rings is 1. The summed E-state index contributed by atoms with van der Waals surface area (Å²) in [5.41, 5.74) is 3.45. The van der Waals surface area contributed by atoms with Gasteiger partial charge in [0.25, 0.3) is 5.56 Å². The average Bonchev–Trinajstić information content (AvgIpc) is 3.55. The molecule has 5 aromatic rings. The molecule has 1 amide bonds. The number of thiophene rings is 1. The molecule has 0 spiro atoms. The summed E-state index contributed by atoms with van der Waals surface area (Å²) in [6.07, 6.45) is 3.99. The highest BCUT2D eigenvalue weighted by Gasteiger charge is 2.36. The molecule has 0 N–H and O–H groups in total. The van der Waals surface area contributed by atoms with E-state index in [-0.39, 0.29) is 18.1 Å². The van der Waals surface area contributed by atoms with Crippen LogP contribution in [0.4, 0.5) is 4.79 Å². The van der Waals surface area contributed by atoms with Gasteiger partial charge in [-0.2, -0.15) is 0 Å². The normalized spacial score (nSPS) is 14.9. The SMILES string of the molecule is COc1cc(-c2sc3c(c2C)c(=O)n(-c2ccc(C)cc2)c(=O)n3CC2CCN2C(=O)OC(C)(C)C)ccc1-n1cnc(C)c1. The summed E-state index contributed by atoms with van der Waals surface area (Å²) in [5, 5.41) is 0.478.